The Morgan fingerprint density at radius 2 is 2.20 bits per heavy atom. The first-order chi connectivity index (χ1) is 9.56. The summed E-state index contributed by atoms with van der Waals surface area (Å²) in [4.78, 5) is 26.2. The Balaban J connectivity index is 2.23. The normalized spacial score (nSPS) is 10.7. The highest BCUT2D eigenvalue weighted by Crippen LogP contribution is 2.24. The molecule has 2 aromatic rings. The minimum Gasteiger partial charge on any atom is -0.383 e. The van der Waals surface area contributed by atoms with E-state index in [-0.39, 0.29) is 18.0 Å². The van der Waals surface area contributed by atoms with Crippen LogP contribution in [0, 0.1) is 0 Å². The van der Waals surface area contributed by atoms with E-state index in [1.54, 1.807) is 6.07 Å². The lowest BCUT2D eigenvalue weighted by Crippen LogP contribution is -2.09. The van der Waals surface area contributed by atoms with Gasteiger partial charge >= 0.3 is 0 Å². The highest BCUT2D eigenvalue weighted by atomic mass is 35.5. The number of nitrogen functional groups attached to an aromatic ring is 1. The first-order valence-corrected chi connectivity index (χ1v) is 6.92. The lowest BCUT2D eigenvalue weighted by Gasteiger charge is -2.05. The summed E-state index contributed by atoms with van der Waals surface area (Å²) in [6.45, 7) is 2.70. The van der Waals surface area contributed by atoms with Gasteiger partial charge in [-0.05, 0) is 18.7 Å². The average Bonchev–Trinajstić information content (AvgIpc) is 2.34. The van der Waals surface area contributed by atoms with Gasteiger partial charge in [0.05, 0.1) is 0 Å². The summed E-state index contributed by atoms with van der Waals surface area (Å²) < 4.78 is 5.23. The molecule has 0 aromatic carbocycles. The maximum Gasteiger partial charge on any atom is 0.253 e. The molecule has 0 atom stereocenters. The van der Waals surface area contributed by atoms with Crippen LogP contribution < -0.4 is 11.3 Å². The molecule has 106 valence electrons. The van der Waals surface area contributed by atoms with Crippen molar-refractivity contribution in [1.82, 2.24) is 19.9 Å². The molecule has 0 unspecified atom stereocenters. The van der Waals surface area contributed by atoms with Gasteiger partial charge in [0.15, 0.2) is 11.0 Å². The second kappa shape index (κ2) is 6.69. The Bertz CT molecular complexity index is 664. The Kier molecular flexibility index (Phi) is 4.94. The third-order valence-corrected chi connectivity index (χ3v) is 3.09. The van der Waals surface area contributed by atoms with Crippen molar-refractivity contribution in [1.29, 1.82) is 0 Å². The quantitative estimate of drug-likeness (QED) is 0.636. The molecule has 7 nitrogen and oxygen atoms in total. The number of aromatic nitrogens is 4. The van der Waals surface area contributed by atoms with Gasteiger partial charge in [0.25, 0.3) is 5.56 Å². The summed E-state index contributed by atoms with van der Waals surface area (Å²) in [6, 6.07) is 2.78. The zero-order chi connectivity index (χ0) is 14.5. The third-order valence-electron chi connectivity index (χ3n) is 2.09. The second-order valence-electron chi connectivity index (χ2n) is 3.66. The molecule has 2 aromatic heterocycles. The van der Waals surface area contributed by atoms with Crippen LogP contribution in [0.5, 0.6) is 0 Å². The number of ether oxygens (including phenoxy) is 1. The van der Waals surface area contributed by atoms with Crippen LogP contribution in [0.1, 0.15) is 12.7 Å². The van der Waals surface area contributed by atoms with Gasteiger partial charge in [-0.2, -0.15) is 0 Å². The molecule has 0 amide bonds. The lowest BCUT2D eigenvalue weighted by molar-refractivity contribution is 0.128. The van der Waals surface area contributed by atoms with Gasteiger partial charge in [-0.1, -0.05) is 11.6 Å². The highest BCUT2D eigenvalue weighted by molar-refractivity contribution is 7.99. The summed E-state index contributed by atoms with van der Waals surface area (Å²) in [6.07, 6.45) is 0. The van der Waals surface area contributed by atoms with Crippen molar-refractivity contribution in [2.75, 3.05) is 12.3 Å². The van der Waals surface area contributed by atoms with Crippen LogP contribution in [-0.4, -0.2) is 26.5 Å². The first kappa shape index (κ1) is 14.8. The monoisotopic (exact) mass is 313 g/mol. The molecule has 0 radical (unpaired) electrons. The van der Waals surface area contributed by atoms with E-state index in [0.717, 1.165) is 11.8 Å². The van der Waals surface area contributed by atoms with E-state index in [9.17, 15) is 4.79 Å². The Hall–Kier alpha value is -1.64. The van der Waals surface area contributed by atoms with Gasteiger partial charge in [-0.25, -0.2) is 15.0 Å². The molecule has 0 aliphatic heterocycles. The number of rotatable bonds is 5. The largest absolute Gasteiger partial charge is 0.383 e. The fraction of sp³-hybridized carbons (Fsp3) is 0.273. The standard InChI is InChI=1S/C11H12ClN5O2S/c1-2-19-5-8-14-6(12)3-10(16-8)20-11-15-7(13)4-9(18)17-11/h3-4H,2,5H2,1H3,(H3,13,15,17,18). The van der Waals surface area contributed by atoms with Crippen molar-refractivity contribution in [3.05, 3.63) is 33.5 Å². The van der Waals surface area contributed by atoms with Gasteiger partial charge in [-0.3, -0.25) is 4.79 Å². The molecular formula is C11H12ClN5O2S. The SMILES string of the molecule is CCOCc1nc(Cl)cc(Sc2nc(N)cc(=O)[nH]2)n1. The van der Waals surface area contributed by atoms with Crippen LogP contribution in [0.2, 0.25) is 5.15 Å². The maximum absolute atomic E-state index is 11.3. The van der Waals surface area contributed by atoms with Crippen LogP contribution in [0.3, 0.4) is 0 Å². The Morgan fingerprint density at radius 1 is 1.40 bits per heavy atom. The summed E-state index contributed by atoms with van der Waals surface area (Å²) >= 11 is 7.06. The van der Waals surface area contributed by atoms with E-state index in [2.05, 4.69) is 19.9 Å². The Morgan fingerprint density at radius 3 is 2.90 bits per heavy atom. The van der Waals surface area contributed by atoms with Crippen molar-refractivity contribution in [3.63, 3.8) is 0 Å². The average molecular weight is 314 g/mol. The summed E-state index contributed by atoms with van der Waals surface area (Å²) in [5, 5.41) is 1.18. The van der Waals surface area contributed by atoms with Crippen LogP contribution in [0.15, 0.2) is 27.1 Å². The molecule has 0 fully saturated rings. The first-order valence-electron chi connectivity index (χ1n) is 5.72. The van der Waals surface area contributed by atoms with E-state index in [0.29, 0.717) is 27.8 Å². The fourth-order valence-electron chi connectivity index (χ4n) is 1.35. The maximum atomic E-state index is 11.3. The number of nitrogens with one attached hydrogen (secondary N) is 1. The summed E-state index contributed by atoms with van der Waals surface area (Å²) in [7, 11) is 0. The number of nitrogens with two attached hydrogens (primary N) is 1. The molecule has 0 aliphatic carbocycles. The summed E-state index contributed by atoms with van der Waals surface area (Å²) in [5.41, 5.74) is 5.19. The molecule has 0 saturated carbocycles. The van der Waals surface area contributed by atoms with E-state index in [1.807, 2.05) is 6.92 Å². The molecule has 0 spiro atoms. The number of anilines is 1. The molecule has 9 heteroatoms. The highest BCUT2D eigenvalue weighted by Gasteiger charge is 2.07. The van der Waals surface area contributed by atoms with Crippen molar-refractivity contribution in [3.8, 4) is 0 Å². The van der Waals surface area contributed by atoms with Crippen molar-refractivity contribution >= 4 is 29.2 Å². The number of halogens is 1. The molecule has 0 aliphatic rings. The molecular weight excluding hydrogens is 302 g/mol. The van der Waals surface area contributed by atoms with Crippen LogP contribution >= 0.6 is 23.4 Å². The number of aromatic amines is 1. The van der Waals surface area contributed by atoms with E-state index in [1.165, 1.54) is 6.07 Å². The molecule has 0 saturated heterocycles. The van der Waals surface area contributed by atoms with Gasteiger partial charge in [-0.15, -0.1) is 0 Å². The van der Waals surface area contributed by atoms with Crippen molar-refractivity contribution in [2.24, 2.45) is 0 Å². The number of nitrogens with zero attached hydrogens (tertiary/aromatic N) is 3. The topological polar surface area (TPSA) is 107 Å². The summed E-state index contributed by atoms with van der Waals surface area (Å²) in [5.74, 6) is 0.610. The van der Waals surface area contributed by atoms with Gasteiger partial charge in [0.1, 0.15) is 22.6 Å². The van der Waals surface area contributed by atoms with Gasteiger partial charge < -0.3 is 15.5 Å². The van der Waals surface area contributed by atoms with Gasteiger partial charge in [0.2, 0.25) is 0 Å². The van der Waals surface area contributed by atoms with E-state index >= 15 is 0 Å². The smallest absolute Gasteiger partial charge is 0.253 e. The molecule has 3 N–H and O–H groups in total. The van der Waals surface area contributed by atoms with E-state index < -0.39 is 0 Å². The van der Waals surface area contributed by atoms with Crippen molar-refractivity contribution in [2.45, 2.75) is 23.7 Å². The number of H-pyrrole nitrogens is 1. The zero-order valence-electron chi connectivity index (χ0n) is 10.6. The lowest BCUT2D eigenvalue weighted by atomic mass is 10.6. The molecule has 2 rings (SSSR count). The van der Waals surface area contributed by atoms with Gasteiger partial charge in [0, 0.05) is 18.7 Å². The fourth-order valence-corrected chi connectivity index (χ4v) is 2.44. The molecule has 2 heterocycles. The number of hydrogen-bond acceptors (Lipinski definition) is 7. The van der Waals surface area contributed by atoms with Crippen molar-refractivity contribution < 1.29 is 4.74 Å². The van der Waals surface area contributed by atoms with Crippen LogP contribution in [0.25, 0.3) is 0 Å². The second-order valence-corrected chi connectivity index (χ2v) is 5.06. The minimum absolute atomic E-state index is 0.144. The predicted molar refractivity (Wildman–Crippen MR) is 75.8 cm³/mol. The van der Waals surface area contributed by atoms with E-state index in [4.69, 9.17) is 22.1 Å². The predicted octanol–water partition coefficient (Wildman–Crippen LogP) is 1.48. The Labute approximate surface area is 124 Å². The molecule has 0 bridgehead atoms. The molecule has 20 heavy (non-hydrogen) atoms. The zero-order valence-corrected chi connectivity index (χ0v) is 12.2. The minimum atomic E-state index is -0.324. The van der Waals surface area contributed by atoms with Crippen LogP contribution in [-0.2, 0) is 11.3 Å². The number of hydrogen-bond donors (Lipinski definition) is 2. The third kappa shape index (κ3) is 4.19. The van der Waals surface area contributed by atoms with Crippen LogP contribution in [0.4, 0.5) is 5.82 Å².